The lowest BCUT2D eigenvalue weighted by Gasteiger charge is -2.21. The number of nitrogens with zero attached hydrogens (tertiary/aromatic N) is 3. The number of amides is 1. The number of carbonyl (C=O) groups is 1. The van der Waals surface area contributed by atoms with E-state index in [1.165, 1.54) is 0 Å². The van der Waals surface area contributed by atoms with Gasteiger partial charge in [0.2, 0.25) is 5.91 Å². The first-order chi connectivity index (χ1) is 11.1. The summed E-state index contributed by atoms with van der Waals surface area (Å²) < 4.78 is 15.1. The SMILES string of the molecule is C#CCCC1(CCC(=O)N2CCC(F)(c3ccccc3)C2)N=N1. The lowest BCUT2D eigenvalue weighted by molar-refractivity contribution is -0.131. The van der Waals surface area contributed by atoms with Crippen molar-refractivity contribution in [1.29, 1.82) is 0 Å². The Morgan fingerprint density at radius 2 is 2.04 bits per heavy atom. The van der Waals surface area contributed by atoms with Gasteiger partial charge in [-0.25, -0.2) is 4.39 Å². The molecule has 120 valence electrons. The van der Waals surface area contributed by atoms with Crippen molar-refractivity contribution in [3.05, 3.63) is 35.9 Å². The highest BCUT2D eigenvalue weighted by molar-refractivity contribution is 5.76. The van der Waals surface area contributed by atoms with Crippen molar-refractivity contribution in [1.82, 2.24) is 4.90 Å². The minimum Gasteiger partial charge on any atom is -0.339 e. The fourth-order valence-electron chi connectivity index (χ4n) is 3.09. The summed E-state index contributed by atoms with van der Waals surface area (Å²) in [6.45, 7) is 0.581. The van der Waals surface area contributed by atoms with Crippen LogP contribution in [0.4, 0.5) is 4.39 Å². The van der Waals surface area contributed by atoms with Crippen molar-refractivity contribution in [2.24, 2.45) is 10.2 Å². The Balaban J connectivity index is 1.53. The quantitative estimate of drug-likeness (QED) is 0.742. The molecule has 0 radical (unpaired) electrons. The zero-order valence-corrected chi connectivity index (χ0v) is 13.0. The fourth-order valence-corrected chi connectivity index (χ4v) is 3.09. The van der Waals surface area contributed by atoms with Crippen LogP contribution in [0.3, 0.4) is 0 Å². The van der Waals surface area contributed by atoms with Crippen LogP contribution in [-0.2, 0) is 10.5 Å². The predicted molar refractivity (Wildman–Crippen MR) is 85.3 cm³/mol. The largest absolute Gasteiger partial charge is 0.339 e. The Labute approximate surface area is 135 Å². The van der Waals surface area contributed by atoms with Gasteiger partial charge in [-0.15, -0.1) is 12.3 Å². The maximum atomic E-state index is 15.1. The van der Waals surface area contributed by atoms with Crippen LogP contribution >= 0.6 is 0 Å². The standard InChI is InChI=1S/C18H20FN3O/c1-2-3-10-18(20-21-18)11-9-16(23)22-13-12-17(19,14-22)15-7-5-4-6-8-15/h1,4-8H,3,9-14H2. The smallest absolute Gasteiger partial charge is 0.222 e. The van der Waals surface area contributed by atoms with Gasteiger partial charge in [-0.1, -0.05) is 30.3 Å². The topological polar surface area (TPSA) is 45.0 Å². The van der Waals surface area contributed by atoms with Crippen molar-refractivity contribution < 1.29 is 9.18 Å². The van der Waals surface area contributed by atoms with E-state index in [1.54, 1.807) is 17.0 Å². The third-order valence-corrected chi connectivity index (χ3v) is 4.66. The molecule has 23 heavy (non-hydrogen) atoms. The van der Waals surface area contributed by atoms with Gasteiger partial charge < -0.3 is 4.90 Å². The Kier molecular flexibility index (Phi) is 4.16. The summed E-state index contributed by atoms with van der Waals surface area (Å²) in [6.07, 6.45) is 7.79. The number of carbonyl (C=O) groups excluding carboxylic acids is 1. The molecule has 1 aromatic rings. The lowest BCUT2D eigenvalue weighted by Crippen LogP contribution is -2.32. The molecule has 1 atom stereocenters. The Bertz CT molecular complexity index is 646. The molecule has 1 saturated heterocycles. The number of terminal acetylenes is 1. The van der Waals surface area contributed by atoms with Gasteiger partial charge in [0.1, 0.15) is 0 Å². The molecule has 2 aliphatic rings. The third kappa shape index (κ3) is 3.42. The van der Waals surface area contributed by atoms with Gasteiger partial charge in [0, 0.05) is 38.6 Å². The van der Waals surface area contributed by atoms with Gasteiger partial charge in [-0.05, 0) is 5.56 Å². The van der Waals surface area contributed by atoms with Crippen LogP contribution in [0.2, 0.25) is 0 Å². The number of alkyl halides is 1. The molecule has 4 nitrogen and oxygen atoms in total. The van der Waals surface area contributed by atoms with Crippen LogP contribution in [0.1, 0.15) is 37.7 Å². The van der Waals surface area contributed by atoms with E-state index in [2.05, 4.69) is 16.1 Å². The van der Waals surface area contributed by atoms with Crippen molar-refractivity contribution in [3.63, 3.8) is 0 Å². The molecule has 1 aromatic carbocycles. The van der Waals surface area contributed by atoms with Gasteiger partial charge >= 0.3 is 0 Å². The second-order valence-electron chi connectivity index (χ2n) is 6.28. The molecule has 0 bridgehead atoms. The third-order valence-electron chi connectivity index (χ3n) is 4.66. The van der Waals surface area contributed by atoms with E-state index in [0.717, 1.165) is 0 Å². The van der Waals surface area contributed by atoms with Crippen LogP contribution in [0, 0.1) is 12.3 Å². The number of rotatable bonds is 6. The van der Waals surface area contributed by atoms with Crippen LogP contribution in [0.25, 0.3) is 0 Å². The molecule has 0 saturated carbocycles. The summed E-state index contributed by atoms with van der Waals surface area (Å²) in [5, 5.41) is 8.06. The summed E-state index contributed by atoms with van der Waals surface area (Å²) in [6, 6.07) is 9.08. The van der Waals surface area contributed by atoms with E-state index >= 15 is 4.39 Å². The second-order valence-corrected chi connectivity index (χ2v) is 6.28. The van der Waals surface area contributed by atoms with E-state index in [9.17, 15) is 4.79 Å². The molecule has 0 aromatic heterocycles. The zero-order valence-electron chi connectivity index (χ0n) is 13.0. The van der Waals surface area contributed by atoms with E-state index in [4.69, 9.17) is 6.42 Å². The minimum atomic E-state index is -1.44. The maximum absolute atomic E-state index is 15.1. The molecular weight excluding hydrogens is 293 g/mol. The molecule has 0 N–H and O–H groups in total. The van der Waals surface area contributed by atoms with Gasteiger partial charge in [-0.2, -0.15) is 10.2 Å². The number of hydrogen-bond acceptors (Lipinski definition) is 3. The Hall–Kier alpha value is -2.22. The monoisotopic (exact) mass is 313 g/mol. The van der Waals surface area contributed by atoms with Crippen LogP contribution in [0.5, 0.6) is 0 Å². The second kappa shape index (κ2) is 6.11. The van der Waals surface area contributed by atoms with Crippen molar-refractivity contribution in [3.8, 4) is 12.3 Å². The fraction of sp³-hybridized carbons (Fsp3) is 0.500. The Morgan fingerprint density at radius 1 is 1.30 bits per heavy atom. The average molecular weight is 313 g/mol. The molecule has 0 aliphatic carbocycles. The minimum absolute atomic E-state index is 0.0298. The van der Waals surface area contributed by atoms with Crippen LogP contribution < -0.4 is 0 Å². The summed E-state index contributed by atoms with van der Waals surface area (Å²) in [5.74, 6) is 2.54. The van der Waals surface area contributed by atoms with E-state index in [1.807, 2.05) is 18.2 Å². The molecular formula is C18H20FN3O. The molecule has 2 heterocycles. The van der Waals surface area contributed by atoms with Crippen molar-refractivity contribution in [2.45, 2.75) is 43.4 Å². The molecule has 1 unspecified atom stereocenters. The summed E-state index contributed by atoms with van der Waals surface area (Å²) in [7, 11) is 0. The normalized spacial score (nSPS) is 24.4. The average Bonchev–Trinajstić information content (AvgIpc) is 3.24. The molecule has 0 spiro atoms. The first-order valence-electron chi connectivity index (χ1n) is 7.97. The highest BCUT2D eigenvalue weighted by Crippen LogP contribution is 2.39. The molecule has 1 fully saturated rings. The zero-order chi connectivity index (χ0) is 16.3. The number of benzene rings is 1. The van der Waals surface area contributed by atoms with Gasteiger partial charge in [0.25, 0.3) is 0 Å². The van der Waals surface area contributed by atoms with Crippen molar-refractivity contribution in [2.75, 3.05) is 13.1 Å². The summed E-state index contributed by atoms with van der Waals surface area (Å²) in [5.41, 5.74) is -1.24. The first-order valence-corrected chi connectivity index (χ1v) is 7.97. The van der Waals surface area contributed by atoms with E-state index < -0.39 is 11.3 Å². The van der Waals surface area contributed by atoms with Gasteiger partial charge in [0.15, 0.2) is 11.3 Å². The van der Waals surface area contributed by atoms with Crippen molar-refractivity contribution >= 4 is 5.91 Å². The van der Waals surface area contributed by atoms with Gasteiger partial charge in [0.05, 0.1) is 6.54 Å². The van der Waals surface area contributed by atoms with Gasteiger partial charge in [-0.3, -0.25) is 4.79 Å². The Morgan fingerprint density at radius 3 is 2.70 bits per heavy atom. The molecule has 5 heteroatoms. The number of hydrogen-bond donors (Lipinski definition) is 0. The predicted octanol–water partition coefficient (Wildman–Crippen LogP) is 3.44. The first kappa shape index (κ1) is 15.7. The van der Waals surface area contributed by atoms with E-state index in [0.29, 0.717) is 44.2 Å². The maximum Gasteiger partial charge on any atom is 0.222 e. The number of halogens is 1. The summed E-state index contributed by atoms with van der Waals surface area (Å²) >= 11 is 0. The highest BCUT2D eigenvalue weighted by Gasteiger charge is 2.43. The lowest BCUT2D eigenvalue weighted by atomic mass is 9.95. The summed E-state index contributed by atoms with van der Waals surface area (Å²) in [4.78, 5) is 14.0. The van der Waals surface area contributed by atoms with E-state index in [-0.39, 0.29) is 12.5 Å². The molecule has 2 aliphatic heterocycles. The molecule has 3 rings (SSSR count). The number of likely N-dealkylation sites (tertiary alicyclic amines) is 1. The van der Waals surface area contributed by atoms with Crippen LogP contribution in [-0.4, -0.2) is 29.6 Å². The molecule has 1 amide bonds. The highest BCUT2D eigenvalue weighted by atomic mass is 19.1. The van der Waals surface area contributed by atoms with Crippen LogP contribution in [0.15, 0.2) is 40.6 Å².